The zero-order chi connectivity index (χ0) is 41.6. The number of nitrogens with zero attached hydrogens (tertiary/aromatic N) is 1. The van der Waals surface area contributed by atoms with Crippen molar-refractivity contribution >= 4 is 35.1 Å². The fourth-order valence-corrected chi connectivity index (χ4v) is 7.61. The summed E-state index contributed by atoms with van der Waals surface area (Å²) in [6.45, 7) is 7.91. The van der Waals surface area contributed by atoms with Gasteiger partial charge in [0.25, 0.3) is 5.91 Å². The number of ether oxygens (including phenoxy) is 1. The summed E-state index contributed by atoms with van der Waals surface area (Å²) >= 11 is 0. The molecule has 0 radical (unpaired) electrons. The van der Waals surface area contributed by atoms with Gasteiger partial charge in [-0.1, -0.05) is 70.9 Å². The number of likely N-dealkylation sites (tertiary alicyclic amines) is 1. The molecule has 2 unspecified atom stereocenters. The highest BCUT2D eigenvalue weighted by molar-refractivity contribution is 5.98. The Bertz CT molecular complexity index is 1890. The number of anilines is 2. The molecular weight excluding hydrogens is 742 g/mol. The Morgan fingerprint density at radius 1 is 0.895 bits per heavy atom. The summed E-state index contributed by atoms with van der Waals surface area (Å²) in [6, 6.07) is 12.4. The van der Waals surface area contributed by atoms with Crippen LogP contribution in [0.15, 0.2) is 60.7 Å². The van der Waals surface area contributed by atoms with Crippen molar-refractivity contribution in [3.8, 4) is 0 Å². The van der Waals surface area contributed by atoms with Gasteiger partial charge in [-0.3, -0.25) is 14.4 Å². The number of aryl methyl sites for hydroxylation is 1. The van der Waals surface area contributed by atoms with Gasteiger partial charge in [-0.05, 0) is 85.9 Å². The van der Waals surface area contributed by atoms with Gasteiger partial charge in [-0.15, -0.1) is 0 Å². The number of carbonyl (C=O) groups is 4. The first-order valence-electron chi connectivity index (χ1n) is 19.6. The first-order valence-corrected chi connectivity index (χ1v) is 19.6. The van der Waals surface area contributed by atoms with Gasteiger partial charge in [-0.25, -0.2) is 9.18 Å². The van der Waals surface area contributed by atoms with Crippen molar-refractivity contribution in [3.63, 3.8) is 0 Å². The lowest BCUT2D eigenvalue weighted by atomic mass is 9.83. The Morgan fingerprint density at radius 3 is 2.18 bits per heavy atom. The van der Waals surface area contributed by atoms with E-state index >= 15 is 4.39 Å². The Kier molecular flexibility index (Phi) is 14.0. The monoisotopic (exact) mass is 795 g/mol. The summed E-state index contributed by atoms with van der Waals surface area (Å²) in [4.78, 5) is 55.3. The van der Waals surface area contributed by atoms with Crippen LogP contribution in [0.4, 0.5) is 28.9 Å². The second-order valence-electron chi connectivity index (χ2n) is 15.8. The van der Waals surface area contributed by atoms with Gasteiger partial charge in [0.1, 0.15) is 18.5 Å². The third kappa shape index (κ3) is 10.5. The third-order valence-corrected chi connectivity index (χ3v) is 10.9. The molecule has 0 bridgehead atoms. The molecule has 3 aromatic carbocycles. The summed E-state index contributed by atoms with van der Waals surface area (Å²) in [5, 5.41) is 8.71. The van der Waals surface area contributed by atoms with Gasteiger partial charge in [0.15, 0.2) is 0 Å². The number of halogens is 4. The Morgan fingerprint density at radius 2 is 1.56 bits per heavy atom. The molecule has 57 heavy (non-hydrogen) atoms. The van der Waals surface area contributed by atoms with Crippen LogP contribution in [0, 0.1) is 30.5 Å². The van der Waals surface area contributed by atoms with E-state index < -0.39 is 77.8 Å². The molecule has 0 spiro atoms. The molecular formula is C43H53F4N5O5. The molecule has 14 heteroatoms. The summed E-state index contributed by atoms with van der Waals surface area (Å²) in [6.07, 6.45) is 0.243. The number of amides is 3. The van der Waals surface area contributed by atoms with E-state index in [0.717, 1.165) is 43.5 Å². The fourth-order valence-electron chi connectivity index (χ4n) is 7.61. The minimum absolute atomic E-state index is 0.101. The fraction of sp³-hybridized carbons (Fsp3) is 0.488. The molecule has 4 atom stereocenters. The van der Waals surface area contributed by atoms with Crippen LogP contribution < -0.4 is 21.7 Å². The number of carbonyl (C=O) groups excluding carboxylic acids is 4. The van der Waals surface area contributed by atoms with Crippen LogP contribution in [-0.4, -0.2) is 53.3 Å². The van der Waals surface area contributed by atoms with Gasteiger partial charge >= 0.3 is 12.1 Å². The molecule has 1 saturated carbocycles. The minimum Gasteiger partial charge on any atom is -0.459 e. The predicted octanol–water partition coefficient (Wildman–Crippen LogP) is 7.91. The maximum Gasteiger partial charge on any atom is 0.416 e. The summed E-state index contributed by atoms with van der Waals surface area (Å²) < 4.78 is 63.9. The van der Waals surface area contributed by atoms with Crippen LogP contribution in [0.2, 0.25) is 0 Å². The van der Waals surface area contributed by atoms with Gasteiger partial charge in [0.2, 0.25) is 11.8 Å². The molecule has 308 valence electrons. The van der Waals surface area contributed by atoms with E-state index in [0.29, 0.717) is 30.0 Å². The number of nitrogens with two attached hydrogens (primary N) is 1. The normalized spacial score (nSPS) is 18.6. The maximum atomic E-state index is 15.1. The molecule has 0 aromatic heterocycles. The molecule has 2 fully saturated rings. The van der Waals surface area contributed by atoms with Crippen LogP contribution in [0.5, 0.6) is 0 Å². The maximum absolute atomic E-state index is 15.1. The van der Waals surface area contributed by atoms with E-state index in [1.807, 2.05) is 24.3 Å². The van der Waals surface area contributed by atoms with Crippen molar-refractivity contribution in [1.29, 1.82) is 0 Å². The molecule has 3 aromatic rings. The van der Waals surface area contributed by atoms with Crippen molar-refractivity contribution in [2.75, 3.05) is 17.2 Å². The zero-order valence-corrected chi connectivity index (χ0v) is 33.0. The van der Waals surface area contributed by atoms with Crippen molar-refractivity contribution < 1.29 is 41.5 Å². The SMILES string of the molecule is Cc1cccc(F)c1C(=O)N1CCC[C@H](C(=O)Nc2ccc(COC(=O)C(NC(=O)C(N)C(C)C)C(C)C)c(C(F)(F)F)c2)[C@@H]1c1ccc(NC2CCCC2)cc1. The number of piperidine rings is 1. The summed E-state index contributed by atoms with van der Waals surface area (Å²) in [5.74, 6) is -4.95. The van der Waals surface area contributed by atoms with E-state index in [2.05, 4.69) is 16.0 Å². The average molecular weight is 796 g/mol. The molecule has 5 rings (SSSR count). The molecule has 10 nitrogen and oxygen atoms in total. The van der Waals surface area contributed by atoms with Crippen LogP contribution in [0.25, 0.3) is 0 Å². The van der Waals surface area contributed by atoms with Crippen LogP contribution in [-0.2, 0) is 31.9 Å². The lowest BCUT2D eigenvalue weighted by molar-refractivity contribution is -0.152. The van der Waals surface area contributed by atoms with Crippen molar-refractivity contribution in [2.24, 2.45) is 23.5 Å². The highest BCUT2D eigenvalue weighted by Gasteiger charge is 2.41. The third-order valence-electron chi connectivity index (χ3n) is 10.9. The van der Waals surface area contributed by atoms with E-state index in [9.17, 15) is 32.3 Å². The second kappa shape index (κ2) is 18.5. The minimum atomic E-state index is -4.89. The molecule has 3 amide bonds. The molecule has 1 aliphatic carbocycles. The standard InChI is InChI=1S/C43H53F4N5O5/c1-24(2)36(48)40(54)51-37(25(3)4)42(56)57-23-28-17-20-31(22-33(28)43(45,46)47)50-39(53)32-13-9-21-52(41(55)35-26(5)10-8-14-34(35)44)38(32)27-15-18-30(19-16-27)49-29-11-6-7-12-29/h8,10,14-20,22,24-25,29,32,36-38,49H,6-7,9,11-13,21,23,48H2,1-5H3,(H,50,53)(H,51,54)/t32-,36?,37?,38-/m0/s1. The summed E-state index contributed by atoms with van der Waals surface area (Å²) in [5.41, 5.74) is 6.12. The predicted molar refractivity (Wildman–Crippen MR) is 209 cm³/mol. The van der Waals surface area contributed by atoms with Crippen molar-refractivity contribution in [2.45, 2.75) is 110 Å². The number of esters is 1. The smallest absolute Gasteiger partial charge is 0.416 e. The van der Waals surface area contributed by atoms with Crippen molar-refractivity contribution in [3.05, 3.63) is 94.3 Å². The molecule has 5 N–H and O–H groups in total. The average Bonchev–Trinajstić information content (AvgIpc) is 3.68. The highest BCUT2D eigenvalue weighted by atomic mass is 19.4. The number of rotatable bonds is 13. The lowest BCUT2D eigenvalue weighted by Crippen LogP contribution is -2.52. The largest absolute Gasteiger partial charge is 0.459 e. The van der Waals surface area contributed by atoms with Gasteiger partial charge in [-0.2, -0.15) is 13.2 Å². The van der Waals surface area contributed by atoms with E-state index in [-0.39, 0.29) is 29.3 Å². The molecule has 1 heterocycles. The second-order valence-corrected chi connectivity index (χ2v) is 15.8. The Labute approximate surface area is 331 Å². The highest BCUT2D eigenvalue weighted by Crippen LogP contribution is 2.40. The summed E-state index contributed by atoms with van der Waals surface area (Å²) in [7, 11) is 0. The van der Waals surface area contributed by atoms with E-state index in [1.54, 1.807) is 40.7 Å². The Balaban J connectivity index is 1.39. The van der Waals surface area contributed by atoms with Crippen LogP contribution >= 0.6 is 0 Å². The quantitative estimate of drug-likeness (QED) is 0.102. The number of alkyl halides is 3. The van der Waals surface area contributed by atoms with E-state index in [4.69, 9.17) is 10.5 Å². The van der Waals surface area contributed by atoms with Crippen LogP contribution in [0.1, 0.15) is 105 Å². The first kappa shape index (κ1) is 43.1. The number of benzene rings is 3. The Hall–Kier alpha value is -4.98. The van der Waals surface area contributed by atoms with Crippen LogP contribution in [0.3, 0.4) is 0 Å². The number of hydrogen-bond donors (Lipinski definition) is 4. The van der Waals surface area contributed by atoms with Gasteiger partial charge < -0.3 is 31.3 Å². The van der Waals surface area contributed by atoms with Gasteiger partial charge in [0, 0.05) is 29.5 Å². The first-order chi connectivity index (χ1) is 27.0. The van der Waals surface area contributed by atoms with Gasteiger partial charge in [0.05, 0.1) is 29.1 Å². The number of nitrogens with one attached hydrogen (secondary N) is 3. The molecule has 2 aliphatic rings. The molecule has 1 saturated heterocycles. The molecule has 1 aliphatic heterocycles. The van der Waals surface area contributed by atoms with Crippen molar-refractivity contribution in [1.82, 2.24) is 10.2 Å². The number of hydrogen-bond acceptors (Lipinski definition) is 7. The van der Waals surface area contributed by atoms with E-state index in [1.165, 1.54) is 23.1 Å². The zero-order valence-electron chi connectivity index (χ0n) is 33.0. The topological polar surface area (TPSA) is 143 Å². The lowest BCUT2D eigenvalue weighted by Gasteiger charge is -2.41.